The van der Waals surface area contributed by atoms with Crippen LogP contribution in [0.2, 0.25) is 0 Å². The summed E-state index contributed by atoms with van der Waals surface area (Å²) in [6.45, 7) is 4.44. The Kier molecular flexibility index (Phi) is 4.71. The van der Waals surface area contributed by atoms with Crippen LogP contribution in [-0.4, -0.2) is 33.0 Å². The number of nitrogens with zero attached hydrogens (tertiary/aromatic N) is 2. The summed E-state index contributed by atoms with van der Waals surface area (Å²) in [7, 11) is 0. The van der Waals surface area contributed by atoms with Crippen molar-refractivity contribution in [3.05, 3.63) is 38.2 Å². The number of carbonyl (C=O) groups is 1. The Hall–Kier alpha value is -2.48. The third-order valence-electron chi connectivity index (χ3n) is 4.39. The lowest BCUT2D eigenvalue weighted by molar-refractivity contribution is 0.0942. The van der Waals surface area contributed by atoms with Crippen LogP contribution in [0, 0.1) is 0 Å². The number of aromatic nitrogens is 3. The molecule has 1 saturated carbocycles. The SMILES string of the molecule is CCCn1c(=O)[nH]c(=O)c2c(C(=O)N[C@@H](C)CN)cc(C3CC3)nc21. The van der Waals surface area contributed by atoms with Crippen LogP contribution in [0.15, 0.2) is 15.7 Å². The molecule has 0 unspecified atom stereocenters. The van der Waals surface area contributed by atoms with E-state index in [1.54, 1.807) is 13.0 Å². The van der Waals surface area contributed by atoms with Gasteiger partial charge in [0.25, 0.3) is 11.5 Å². The van der Waals surface area contributed by atoms with Crippen molar-refractivity contribution >= 4 is 16.9 Å². The first-order chi connectivity index (χ1) is 12.0. The van der Waals surface area contributed by atoms with Gasteiger partial charge < -0.3 is 11.1 Å². The van der Waals surface area contributed by atoms with Crippen molar-refractivity contribution < 1.29 is 4.79 Å². The lowest BCUT2D eigenvalue weighted by Crippen LogP contribution is -2.39. The van der Waals surface area contributed by atoms with Crippen LogP contribution in [0.3, 0.4) is 0 Å². The van der Waals surface area contributed by atoms with Gasteiger partial charge in [-0.15, -0.1) is 0 Å². The highest BCUT2D eigenvalue weighted by molar-refractivity contribution is 6.05. The summed E-state index contributed by atoms with van der Waals surface area (Å²) in [6, 6.07) is 1.45. The first kappa shape index (κ1) is 17.3. The number of rotatable bonds is 6. The molecule has 8 nitrogen and oxygen atoms in total. The van der Waals surface area contributed by atoms with Gasteiger partial charge in [-0.2, -0.15) is 0 Å². The number of hydrogen-bond acceptors (Lipinski definition) is 5. The van der Waals surface area contributed by atoms with E-state index in [0.29, 0.717) is 19.5 Å². The number of carbonyl (C=O) groups excluding carboxylic acids is 1. The minimum Gasteiger partial charge on any atom is -0.348 e. The zero-order valence-corrected chi connectivity index (χ0v) is 14.5. The maximum absolute atomic E-state index is 12.7. The second kappa shape index (κ2) is 6.79. The van der Waals surface area contributed by atoms with Crippen LogP contribution in [0.25, 0.3) is 11.0 Å². The minimum atomic E-state index is -0.590. The third kappa shape index (κ3) is 3.34. The predicted molar refractivity (Wildman–Crippen MR) is 94.9 cm³/mol. The van der Waals surface area contributed by atoms with E-state index in [1.807, 2.05) is 6.92 Å². The van der Waals surface area contributed by atoms with Gasteiger partial charge in [0.05, 0.1) is 10.9 Å². The number of fused-ring (bicyclic) bond motifs is 1. The molecule has 2 heterocycles. The molecule has 25 heavy (non-hydrogen) atoms. The molecule has 1 amide bonds. The van der Waals surface area contributed by atoms with Gasteiger partial charge in [0, 0.05) is 30.7 Å². The first-order valence-electron chi connectivity index (χ1n) is 8.65. The largest absolute Gasteiger partial charge is 0.348 e. The Bertz CT molecular complexity index is 926. The van der Waals surface area contributed by atoms with E-state index in [2.05, 4.69) is 15.3 Å². The fourth-order valence-electron chi connectivity index (χ4n) is 2.85. The van der Waals surface area contributed by atoms with Gasteiger partial charge in [0.1, 0.15) is 0 Å². The molecule has 4 N–H and O–H groups in total. The van der Waals surface area contributed by atoms with Crippen molar-refractivity contribution in [2.45, 2.75) is 51.6 Å². The monoisotopic (exact) mass is 345 g/mol. The number of pyridine rings is 1. The summed E-state index contributed by atoms with van der Waals surface area (Å²) in [5, 5.41) is 2.94. The highest BCUT2D eigenvalue weighted by Gasteiger charge is 2.28. The molecule has 2 aromatic heterocycles. The van der Waals surface area contributed by atoms with Gasteiger partial charge in [-0.05, 0) is 32.3 Å². The van der Waals surface area contributed by atoms with E-state index in [4.69, 9.17) is 5.73 Å². The Morgan fingerprint density at radius 2 is 2.20 bits per heavy atom. The van der Waals surface area contributed by atoms with E-state index in [1.165, 1.54) is 4.57 Å². The normalized spacial score (nSPS) is 15.3. The molecule has 0 bridgehead atoms. The Balaban J connectivity index is 2.27. The van der Waals surface area contributed by atoms with Crippen molar-refractivity contribution in [2.75, 3.05) is 6.54 Å². The van der Waals surface area contributed by atoms with Crippen LogP contribution in [0.5, 0.6) is 0 Å². The number of H-pyrrole nitrogens is 1. The minimum absolute atomic E-state index is 0.152. The average molecular weight is 345 g/mol. The van der Waals surface area contributed by atoms with Gasteiger partial charge in [0.15, 0.2) is 5.65 Å². The molecule has 0 radical (unpaired) electrons. The molecule has 1 fully saturated rings. The van der Waals surface area contributed by atoms with Gasteiger partial charge in [-0.1, -0.05) is 6.92 Å². The number of aromatic amines is 1. The van der Waals surface area contributed by atoms with E-state index < -0.39 is 11.2 Å². The van der Waals surface area contributed by atoms with E-state index in [9.17, 15) is 14.4 Å². The summed E-state index contributed by atoms with van der Waals surface area (Å²) in [5.41, 5.74) is 5.77. The molecular formula is C17H23N5O3. The number of aryl methyl sites for hydroxylation is 1. The highest BCUT2D eigenvalue weighted by Crippen LogP contribution is 2.39. The van der Waals surface area contributed by atoms with Crippen LogP contribution < -0.4 is 22.3 Å². The molecule has 1 aliphatic carbocycles. The van der Waals surface area contributed by atoms with Crippen molar-refractivity contribution in [1.29, 1.82) is 0 Å². The molecule has 0 saturated heterocycles. The van der Waals surface area contributed by atoms with Crippen molar-refractivity contribution in [3.8, 4) is 0 Å². The van der Waals surface area contributed by atoms with E-state index in [0.717, 1.165) is 18.5 Å². The second-order valence-corrected chi connectivity index (χ2v) is 6.59. The van der Waals surface area contributed by atoms with Gasteiger partial charge in [-0.3, -0.25) is 19.1 Å². The third-order valence-corrected chi connectivity index (χ3v) is 4.39. The Morgan fingerprint density at radius 1 is 1.48 bits per heavy atom. The molecule has 8 heteroatoms. The topological polar surface area (TPSA) is 123 Å². The zero-order chi connectivity index (χ0) is 18.1. The Labute approximate surface area is 144 Å². The molecule has 3 rings (SSSR count). The molecule has 0 aromatic carbocycles. The standard InChI is InChI=1S/C17H23N5O3/c1-3-6-22-14-13(16(24)21-17(22)25)11(15(23)19-9(2)8-18)7-12(20-14)10-4-5-10/h7,9-10H,3-6,8,18H2,1-2H3,(H,19,23)(H,21,24,25)/t9-/m0/s1. The molecule has 0 aliphatic heterocycles. The quantitative estimate of drug-likeness (QED) is 0.701. The van der Waals surface area contributed by atoms with Gasteiger partial charge in [0.2, 0.25) is 0 Å². The number of nitrogens with one attached hydrogen (secondary N) is 2. The number of hydrogen-bond donors (Lipinski definition) is 3. The van der Waals surface area contributed by atoms with Crippen molar-refractivity contribution in [1.82, 2.24) is 19.9 Å². The Morgan fingerprint density at radius 3 is 2.80 bits per heavy atom. The average Bonchev–Trinajstić information content (AvgIpc) is 3.42. The fourth-order valence-corrected chi connectivity index (χ4v) is 2.85. The lowest BCUT2D eigenvalue weighted by atomic mass is 10.1. The van der Waals surface area contributed by atoms with Crippen LogP contribution in [-0.2, 0) is 6.54 Å². The van der Waals surface area contributed by atoms with Crippen molar-refractivity contribution in [2.24, 2.45) is 5.73 Å². The summed E-state index contributed by atoms with van der Waals surface area (Å²) >= 11 is 0. The lowest BCUT2D eigenvalue weighted by Gasteiger charge is -2.15. The molecular weight excluding hydrogens is 322 g/mol. The maximum atomic E-state index is 12.7. The molecule has 134 valence electrons. The van der Waals surface area contributed by atoms with Crippen LogP contribution in [0.1, 0.15) is 55.1 Å². The van der Waals surface area contributed by atoms with Crippen LogP contribution in [0.4, 0.5) is 0 Å². The first-order valence-corrected chi connectivity index (χ1v) is 8.65. The van der Waals surface area contributed by atoms with Crippen molar-refractivity contribution in [3.63, 3.8) is 0 Å². The highest BCUT2D eigenvalue weighted by atomic mass is 16.2. The number of nitrogens with two attached hydrogens (primary N) is 1. The molecule has 2 aromatic rings. The number of amides is 1. The van der Waals surface area contributed by atoms with Crippen LogP contribution >= 0.6 is 0 Å². The smallest absolute Gasteiger partial charge is 0.329 e. The van der Waals surface area contributed by atoms with Gasteiger partial charge >= 0.3 is 5.69 Å². The summed E-state index contributed by atoms with van der Waals surface area (Å²) in [5.74, 6) is -0.0909. The maximum Gasteiger partial charge on any atom is 0.329 e. The summed E-state index contributed by atoms with van der Waals surface area (Å²) in [6.07, 6.45) is 2.71. The molecule has 1 atom stereocenters. The van der Waals surface area contributed by atoms with Gasteiger partial charge in [-0.25, -0.2) is 9.78 Å². The summed E-state index contributed by atoms with van der Waals surface area (Å²) in [4.78, 5) is 44.2. The van der Waals surface area contributed by atoms with E-state index in [-0.39, 0.29) is 34.5 Å². The summed E-state index contributed by atoms with van der Waals surface area (Å²) < 4.78 is 1.44. The zero-order valence-electron chi connectivity index (χ0n) is 14.5. The second-order valence-electron chi connectivity index (χ2n) is 6.59. The molecule has 1 aliphatic rings. The molecule has 0 spiro atoms. The van der Waals surface area contributed by atoms with E-state index >= 15 is 0 Å². The fraction of sp³-hybridized carbons (Fsp3) is 0.529. The predicted octanol–water partition coefficient (Wildman–Crippen LogP) is 0.449.